The third kappa shape index (κ3) is 60.1. The van der Waals surface area contributed by atoms with E-state index in [1.807, 2.05) is 27.2 Å². The lowest BCUT2D eigenvalue weighted by molar-refractivity contribution is -0.870. The van der Waals surface area contributed by atoms with Gasteiger partial charge in [-0.3, -0.25) is 13.8 Å². The molecule has 0 saturated carbocycles. The SMILES string of the molecule is CCCCCCC/C=C\C/C=C\CCCCCCCCCCCCCC(=O)NC(COP(=O)(O)OCC[N+](C)(C)C)C(O)/C=C/CC/C=C/CCCCCCCCCCCCCCCCCCCCCCCCCCC. The van der Waals surface area contributed by atoms with Crippen molar-refractivity contribution < 1.29 is 32.9 Å². The van der Waals surface area contributed by atoms with Crippen LogP contribution in [0, 0.1) is 0 Å². The number of phosphoric ester groups is 1. The molecule has 0 saturated heterocycles. The van der Waals surface area contributed by atoms with Crippen molar-refractivity contribution in [3.05, 3.63) is 48.6 Å². The first kappa shape index (κ1) is 74.5. The van der Waals surface area contributed by atoms with Crippen molar-refractivity contribution >= 4 is 13.7 Å². The van der Waals surface area contributed by atoms with Gasteiger partial charge in [-0.05, 0) is 64.2 Å². The first-order valence-corrected chi connectivity index (χ1v) is 34.5. The van der Waals surface area contributed by atoms with Gasteiger partial charge in [-0.1, -0.05) is 300 Å². The summed E-state index contributed by atoms with van der Waals surface area (Å²) in [6.07, 6.45) is 78.2. The first-order chi connectivity index (χ1) is 37.0. The monoisotopic (exact) mass is 1090 g/mol. The molecule has 0 heterocycles. The molecule has 3 N–H and O–H groups in total. The van der Waals surface area contributed by atoms with Gasteiger partial charge in [0.1, 0.15) is 13.2 Å². The lowest BCUT2D eigenvalue weighted by Gasteiger charge is -2.25. The predicted octanol–water partition coefficient (Wildman–Crippen LogP) is 20.7. The Balaban J connectivity index is 4.13. The van der Waals surface area contributed by atoms with Gasteiger partial charge in [0, 0.05) is 6.42 Å². The molecule has 0 aliphatic heterocycles. The number of aliphatic hydroxyl groups is 1. The smallest absolute Gasteiger partial charge is 0.387 e. The largest absolute Gasteiger partial charge is 0.472 e. The molecule has 0 aliphatic carbocycles. The Morgan fingerprint density at radius 1 is 0.447 bits per heavy atom. The summed E-state index contributed by atoms with van der Waals surface area (Å²) in [5.74, 6) is -0.186. The molecule has 0 radical (unpaired) electrons. The summed E-state index contributed by atoms with van der Waals surface area (Å²) < 4.78 is 23.8. The van der Waals surface area contributed by atoms with E-state index in [2.05, 4.69) is 55.6 Å². The van der Waals surface area contributed by atoms with Crippen molar-refractivity contribution in [1.82, 2.24) is 5.32 Å². The molecular formula is C67H130N2O6P+. The van der Waals surface area contributed by atoms with Crippen molar-refractivity contribution in [3.63, 3.8) is 0 Å². The second-order valence-corrected chi connectivity index (χ2v) is 25.3. The van der Waals surface area contributed by atoms with Crippen LogP contribution in [0.4, 0.5) is 0 Å². The maximum Gasteiger partial charge on any atom is 0.472 e. The van der Waals surface area contributed by atoms with E-state index in [0.29, 0.717) is 17.4 Å². The standard InChI is InChI=1S/C67H129N2O6P/c1-6-8-10-12-14-16-18-20-22-24-26-28-30-31-32-33-34-35-36-37-39-40-42-44-46-48-50-52-54-56-58-60-66(70)65(64-75-76(72,73)74-63-62-69(3,4)5)68-67(71)61-59-57-55-53-51-49-47-45-43-41-38-29-27-25-23-21-19-17-15-13-11-9-7-2/h19,21,25,27,50,52,58,60,65-66,70H,6-18,20,22-24,26,28-49,51,53-57,59,61-64H2,1-5H3,(H-,68,71,72,73)/p+1/b21-19-,27-25-,52-50+,60-58+. The molecule has 0 aliphatic rings. The second kappa shape index (κ2) is 58.1. The minimum absolute atomic E-state index is 0.0555. The minimum atomic E-state index is -4.36. The van der Waals surface area contributed by atoms with Gasteiger partial charge in [0.25, 0.3) is 0 Å². The van der Waals surface area contributed by atoms with Crippen LogP contribution in [0.1, 0.15) is 322 Å². The molecule has 0 aromatic rings. The van der Waals surface area contributed by atoms with E-state index in [4.69, 9.17) is 9.05 Å². The molecule has 76 heavy (non-hydrogen) atoms. The third-order valence-electron chi connectivity index (χ3n) is 15.0. The summed E-state index contributed by atoms with van der Waals surface area (Å²) >= 11 is 0. The van der Waals surface area contributed by atoms with Crippen LogP contribution in [0.5, 0.6) is 0 Å². The lowest BCUT2D eigenvalue weighted by atomic mass is 10.0. The number of carbonyl (C=O) groups is 1. The average Bonchev–Trinajstić information content (AvgIpc) is 3.38. The highest BCUT2D eigenvalue weighted by Gasteiger charge is 2.28. The summed E-state index contributed by atoms with van der Waals surface area (Å²) in [7, 11) is 1.56. The molecular weight excluding hydrogens is 960 g/mol. The number of nitrogens with one attached hydrogen (secondary N) is 1. The maximum absolute atomic E-state index is 13.0. The molecule has 1 amide bonds. The molecule has 9 heteroatoms. The van der Waals surface area contributed by atoms with E-state index in [1.165, 1.54) is 257 Å². The Morgan fingerprint density at radius 3 is 1.13 bits per heavy atom. The maximum atomic E-state index is 13.0. The number of unbranched alkanes of at least 4 members (excludes halogenated alkanes) is 42. The molecule has 448 valence electrons. The fraction of sp³-hybridized carbons (Fsp3) is 0.866. The van der Waals surface area contributed by atoms with E-state index in [1.54, 1.807) is 6.08 Å². The number of rotatable bonds is 61. The zero-order valence-electron chi connectivity index (χ0n) is 51.3. The Bertz CT molecular complexity index is 1380. The number of phosphoric acid groups is 1. The van der Waals surface area contributed by atoms with Gasteiger partial charge in [0.05, 0.1) is 39.9 Å². The van der Waals surface area contributed by atoms with Crippen molar-refractivity contribution in [2.75, 3.05) is 40.9 Å². The Morgan fingerprint density at radius 2 is 0.763 bits per heavy atom. The van der Waals surface area contributed by atoms with E-state index in [9.17, 15) is 19.4 Å². The number of amides is 1. The van der Waals surface area contributed by atoms with E-state index in [-0.39, 0.29) is 19.1 Å². The summed E-state index contributed by atoms with van der Waals surface area (Å²) in [6.45, 7) is 4.82. The van der Waals surface area contributed by atoms with Crippen molar-refractivity contribution in [2.45, 2.75) is 334 Å². The molecule has 0 bridgehead atoms. The van der Waals surface area contributed by atoms with Gasteiger partial charge in [-0.2, -0.15) is 0 Å². The Hall–Kier alpha value is -1.54. The molecule has 3 unspecified atom stereocenters. The van der Waals surface area contributed by atoms with Crippen LogP contribution in [-0.4, -0.2) is 73.4 Å². The lowest BCUT2D eigenvalue weighted by Crippen LogP contribution is -2.45. The predicted molar refractivity (Wildman–Crippen MR) is 332 cm³/mol. The zero-order valence-corrected chi connectivity index (χ0v) is 52.2. The summed E-state index contributed by atoms with van der Waals surface area (Å²) in [5, 5.41) is 14.0. The van der Waals surface area contributed by atoms with Crippen LogP contribution in [0.2, 0.25) is 0 Å². The molecule has 0 aromatic heterocycles. The molecule has 0 rings (SSSR count). The number of allylic oxidation sites excluding steroid dienone is 7. The quantitative estimate of drug-likeness (QED) is 0.0243. The fourth-order valence-electron chi connectivity index (χ4n) is 9.86. The highest BCUT2D eigenvalue weighted by atomic mass is 31.2. The highest BCUT2D eigenvalue weighted by Crippen LogP contribution is 2.43. The van der Waals surface area contributed by atoms with E-state index >= 15 is 0 Å². The fourth-order valence-corrected chi connectivity index (χ4v) is 10.6. The third-order valence-corrected chi connectivity index (χ3v) is 16.0. The average molecular weight is 1090 g/mol. The van der Waals surface area contributed by atoms with Gasteiger partial charge in [0.2, 0.25) is 5.91 Å². The Labute approximate surface area is 473 Å². The molecule has 0 spiro atoms. The van der Waals surface area contributed by atoms with Gasteiger partial charge >= 0.3 is 7.82 Å². The van der Waals surface area contributed by atoms with Crippen LogP contribution in [0.15, 0.2) is 48.6 Å². The van der Waals surface area contributed by atoms with Crippen molar-refractivity contribution in [2.24, 2.45) is 0 Å². The van der Waals surface area contributed by atoms with Crippen molar-refractivity contribution in [3.8, 4) is 0 Å². The molecule has 0 aromatic carbocycles. The van der Waals surface area contributed by atoms with Crippen LogP contribution in [0.25, 0.3) is 0 Å². The summed E-state index contributed by atoms with van der Waals surface area (Å²) in [6, 6.07) is -0.867. The second-order valence-electron chi connectivity index (χ2n) is 23.8. The summed E-state index contributed by atoms with van der Waals surface area (Å²) in [5.41, 5.74) is 0. The van der Waals surface area contributed by atoms with E-state index in [0.717, 1.165) is 44.9 Å². The normalized spacial score (nSPS) is 14.0. The van der Waals surface area contributed by atoms with Gasteiger partial charge < -0.3 is 19.8 Å². The van der Waals surface area contributed by atoms with Crippen LogP contribution >= 0.6 is 7.82 Å². The van der Waals surface area contributed by atoms with Crippen LogP contribution in [-0.2, 0) is 18.4 Å². The van der Waals surface area contributed by atoms with E-state index < -0.39 is 20.0 Å². The number of carbonyl (C=O) groups excluding carboxylic acids is 1. The first-order valence-electron chi connectivity index (χ1n) is 33.0. The Kier molecular flexibility index (Phi) is 56.9. The van der Waals surface area contributed by atoms with Gasteiger partial charge in [-0.15, -0.1) is 0 Å². The number of aliphatic hydroxyl groups excluding tert-OH is 1. The molecule has 3 atom stereocenters. The van der Waals surface area contributed by atoms with Crippen LogP contribution < -0.4 is 5.32 Å². The van der Waals surface area contributed by atoms with Gasteiger partial charge in [-0.25, -0.2) is 4.57 Å². The molecule has 8 nitrogen and oxygen atoms in total. The number of likely N-dealkylation sites (N-methyl/N-ethyl adjacent to an activating group) is 1. The van der Waals surface area contributed by atoms with Crippen LogP contribution in [0.3, 0.4) is 0 Å². The van der Waals surface area contributed by atoms with Gasteiger partial charge in [0.15, 0.2) is 0 Å². The zero-order chi connectivity index (χ0) is 55.6. The number of hydrogen-bond acceptors (Lipinski definition) is 5. The number of quaternary nitrogens is 1. The highest BCUT2D eigenvalue weighted by molar-refractivity contribution is 7.47. The summed E-state index contributed by atoms with van der Waals surface area (Å²) in [4.78, 5) is 23.4. The van der Waals surface area contributed by atoms with Crippen molar-refractivity contribution in [1.29, 1.82) is 0 Å². The number of hydrogen-bond donors (Lipinski definition) is 3. The number of nitrogens with zero attached hydrogens (tertiary/aromatic N) is 1. The molecule has 0 fully saturated rings. The minimum Gasteiger partial charge on any atom is -0.387 e. The topological polar surface area (TPSA) is 105 Å².